The molecule has 0 radical (unpaired) electrons. The second-order valence-corrected chi connectivity index (χ2v) is 4.75. The van der Waals surface area contributed by atoms with Crippen LogP contribution >= 0.6 is 0 Å². The quantitative estimate of drug-likeness (QED) is 0.443. The van der Waals surface area contributed by atoms with E-state index in [0.29, 0.717) is 6.42 Å². The van der Waals surface area contributed by atoms with Gasteiger partial charge in [0.2, 0.25) is 0 Å². The fourth-order valence-corrected chi connectivity index (χ4v) is 1.79. The third kappa shape index (κ3) is 8.90. The van der Waals surface area contributed by atoms with Gasteiger partial charge >= 0.3 is 5.97 Å². The van der Waals surface area contributed by atoms with Crippen molar-refractivity contribution in [3.05, 3.63) is 0 Å². The lowest BCUT2D eigenvalue weighted by Crippen LogP contribution is -2.20. The fourth-order valence-electron chi connectivity index (χ4n) is 1.79. The van der Waals surface area contributed by atoms with Gasteiger partial charge in [0.25, 0.3) is 0 Å². The largest absolute Gasteiger partial charge is 0.481 e. The molecule has 1 N–H and O–H groups in total. The third-order valence-corrected chi connectivity index (χ3v) is 3.13. The van der Waals surface area contributed by atoms with Crippen LogP contribution in [0.25, 0.3) is 0 Å². The molecule has 0 rings (SSSR count). The second kappa shape index (κ2) is 10.3. The van der Waals surface area contributed by atoms with Crippen molar-refractivity contribution in [2.45, 2.75) is 71.6 Å². The molecule has 1 unspecified atom stereocenters. The molecule has 0 aromatic rings. The Labute approximate surface area is 105 Å². The number of hydrogen-bond donors (Lipinski definition) is 1. The fraction of sp³-hybridized carbons (Fsp3) is 0.857. The second-order valence-electron chi connectivity index (χ2n) is 4.75. The Hall–Kier alpha value is -0.860. The van der Waals surface area contributed by atoms with Gasteiger partial charge in [-0.15, -0.1) is 0 Å². The van der Waals surface area contributed by atoms with E-state index in [-0.39, 0.29) is 5.78 Å². The molecule has 1 atom stereocenters. The lowest BCUT2D eigenvalue weighted by Gasteiger charge is -2.05. The molecule has 0 aliphatic rings. The first kappa shape index (κ1) is 16.1. The van der Waals surface area contributed by atoms with Gasteiger partial charge in [0.1, 0.15) is 11.7 Å². The van der Waals surface area contributed by atoms with Crippen LogP contribution in [0.1, 0.15) is 71.6 Å². The van der Waals surface area contributed by atoms with Gasteiger partial charge in [-0.25, -0.2) is 0 Å². The van der Waals surface area contributed by atoms with Crippen molar-refractivity contribution in [2.24, 2.45) is 5.92 Å². The minimum Gasteiger partial charge on any atom is -0.481 e. The minimum absolute atomic E-state index is 0.136. The Morgan fingerprint density at radius 2 is 1.41 bits per heavy atom. The van der Waals surface area contributed by atoms with Gasteiger partial charge in [0, 0.05) is 6.42 Å². The van der Waals surface area contributed by atoms with Crippen molar-refractivity contribution in [3.63, 3.8) is 0 Å². The maximum absolute atomic E-state index is 11.4. The molecule has 0 aromatic heterocycles. The van der Waals surface area contributed by atoms with Crippen LogP contribution in [0.2, 0.25) is 0 Å². The first-order valence-corrected chi connectivity index (χ1v) is 6.85. The Morgan fingerprint density at radius 1 is 0.941 bits per heavy atom. The van der Waals surface area contributed by atoms with Crippen LogP contribution in [0.4, 0.5) is 0 Å². The summed E-state index contributed by atoms with van der Waals surface area (Å²) in [6.07, 6.45) is 9.88. The summed E-state index contributed by atoms with van der Waals surface area (Å²) in [7, 11) is 0. The summed E-state index contributed by atoms with van der Waals surface area (Å²) in [6.45, 7) is 3.67. The summed E-state index contributed by atoms with van der Waals surface area (Å²) in [5.74, 6) is -1.97. The summed E-state index contributed by atoms with van der Waals surface area (Å²) in [4.78, 5) is 21.9. The van der Waals surface area contributed by atoms with Crippen molar-refractivity contribution >= 4 is 11.8 Å². The molecular weight excluding hydrogens is 216 g/mol. The van der Waals surface area contributed by atoms with Gasteiger partial charge < -0.3 is 5.11 Å². The van der Waals surface area contributed by atoms with Crippen molar-refractivity contribution in [2.75, 3.05) is 0 Å². The molecule has 0 aliphatic carbocycles. The smallest absolute Gasteiger partial charge is 0.313 e. The summed E-state index contributed by atoms with van der Waals surface area (Å²) in [6, 6.07) is 0. The molecule has 0 fully saturated rings. The number of rotatable bonds is 11. The van der Waals surface area contributed by atoms with Gasteiger partial charge in [0.05, 0.1) is 0 Å². The molecule has 3 heteroatoms. The molecule has 3 nitrogen and oxygen atoms in total. The van der Waals surface area contributed by atoms with E-state index in [4.69, 9.17) is 5.11 Å². The number of carboxylic acid groups (broad SMARTS) is 1. The highest BCUT2D eigenvalue weighted by molar-refractivity contribution is 5.97. The summed E-state index contributed by atoms with van der Waals surface area (Å²) < 4.78 is 0. The van der Waals surface area contributed by atoms with E-state index in [2.05, 4.69) is 6.92 Å². The van der Waals surface area contributed by atoms with Gasteiger partial charge in [-0.05, 0) is 13.3 Å². The Bertz CT molecular complexity index is 224. The standard InChI is InChI=1S/C14H26O3/c1-3-4-5-6-7-8-9-10-11-13(15)12(2)14(16)17/h12H,3-11H2,1-2H3,(H,16,17). The maximum atomic E-state index is 11.4. The SMILES string of the molecule is CCCCCCCCCCC(=O)C(C)C(=O)O. The van der Waals surface area contributed by atoms with Crippen LogP contribution < -0.4 is 0 Å². The van der Waals surface area contributed by atoms with E-state index in [0.717, 1.165) is 12.8 Å². The molecule has 0 bridgehead atoms. The number of hydrogen-bond acceptors (Lipinski definition) is 2. The number of Topliss-reactive ketones (excluding diaryl/α,β-unsaturated/α-hetero) is 1. The lowest BCUT2D eigenvalue weighted by molar-refractivity contribution is -0.145. The predicted molar refractivity (Wildman–Crippen MR) is 69.0 cm³/mol. The Balaban J connectivity index is 3.34. The molecule has 0 amide bonds. The molecule has 17 heavy (non-hydrogen) atoms. The highest BCUT2D eigenvalue weighted by Crippen LogP contribution is 2.11. The van der Waals surface area contributed by atoms with Crippen molar-refractivity contribution in [1.82, 2.24) is 0 Å². The zero-order chi connectivity index (χ0) is 13.1. The topological polar surface area (TPSA) is 54.4 Å². The lowest BCUT2D eigenvalue weighted by atomic mass is 10.00. The Morgan fingerprint density at radius 3 is 1.88 bits per heavy atom. The number of ketones is 1. The first-order chi connectivity index (χ1) is 8.09. The molecular formula is C14H26O3. The average Bonchev–Trinajstić information content (AvgIpc) is 2.31. The molecule has 0 aliphatic heterocycles. The van der Waals surface area contributed by atoms with Crippen LogP contribution in [0, 0.1) is 5.92 Å². The van der Waals surface area contributed by atoms with Gasteiger partial charge in [-0.3, -0.25) is 9.59 Å². The van der Waals surface area contributed by atoms with Crippen LogP contribution in [0.3, 0.4) is 0 Å². The van der Waals surface area contributed by atoms with E-state index in [1.54, 1.807) is 0 Å². The molecule has 0 spiro atoms. The summed E-state index contributed by atoms with van der Waals surface area (Å²) >= 11 is 0. The van der Waals surface area contributed by atoms with Gasteiger partial charge in [0.15, 0.2) is 0 Å². The predicted octanol–water partition coefficient (Wildman–Crippen LogP) is 3.81. The molecule has 0 heterocycles. The monoisotopic (exact) mass is 242 g/mol. The third-order valence-electron chi connectivity index (χ3n) is 3.13. The highest BCUT2D eigenvalue weighted by Gasteiger charge is 2.19. The summed E-state index contributed by atoms with van der Waals surface area (Å²) in [5, 5.41) is 8.65. The molecule has 0 saturated heterocycles. The normalized spacial score (nSPS) is 12.4. The van der Waals surface area contributed by atoms with Crippen LogP contribution in [-0.4, -0.2) is 16.9 Å². The number of carbonyl (C=O) groups is 2. The average molecular weight is 242 g/mol. The maximum Gasteiger partial charge on any atom is 0.313 e. The molecule has 0 aromatic carbocycles. The van der Waals surface area contributed by atoms with Crippen LogP contribution in [0.5, 0.6) is 0 Å². The van der Waals surface area contributed by atoms with Crippen molar-refractivity contribution in [3.8, 4) is 0 Å². The van der Waals surface area contributed by atoms with Crippen LogP contribution in [0.15, 0.2) is 0 Å². The van der Waals surface area contributed by atoms with E-state index in [1.807, 2.05) is 0 Å². The molecule has 100 valence electrons. The zero-order valence-electron chi connectivity index (χ0n) is 11.2. The van der Waals surface area contributed by atoms with E-state index in [1.165, 1.54) is 45.4 Å². The number of aliphatic carboxylic acids is 1. The van der Waals surface area contributed by atoms with Crippen molar-refractivity contribution < 1.29 is 14.7 Å². The van der Waals surface area contributed by atoms with Crippen LogP contribution in [-0.2, 0) is 9.59 Å². The molecule has 0 saturated carbocycles. The zero-order valence-corrected chi connectivity index (χ0v) is 11.2. The summed E-state index contributed by atoms with van der Waals surface area (Å²) in [5.41, 5.74) is 0. The Kier molecular flexibility index (Phi) is 9.78. The number of carboxylic acids is 1. The van der Waals surface area contributed by atoms with E-state index < -0.39 is 11.9 Å². The highest BCUT2D eigenvalue weighted by atomic mass is 16.4. The van der Waals surface area contributed by atoms with E-state index in [9.17, 15) is 9.59 Å². The van der Waals surface area contributed by atoms with Crippen molar-refractivity contribution in [1.29, 1.82) is 0 Å². The number of carbonyl (C=O) groups excluding carboxylic acids is 1. The minimum atomic E-state index is -1.01. The van der Waals surface area contributed by atoms with Gasteiger partial charge in [-0.1, -0.05) is 51.9 Å². The number of unbranched alkanes of at least 4 members (excludes halogenated alkanes) is 7. The van der Waals surface area contributed by atoms with E-state index >= 15 is 0 Å². The first-order valence-electron chi connectivity index (χ1n) is 6.85. The van der Waals surface area contributed by atoms with Gasteiger partial charge in [-0.2, -0.15) is 0 Å².